The molecule has 0 saturated heterocycles. The second kappa shape index (κ2) is 8.48. The highest BCUT2D eigenvalue weighted by Crippen LogP contribution is 2.34. The highest BCUT2D eigenvalue weighted by atomic mass is 32.2. The lowest BCUT2D eigenvalue weighted by Crippen LogP contribution is -2.20. The fourth-order valence-electron chi connectivity index (χ4n) is 3.06. The molecule has 0 saturated carbocycles. The van der Waals surface area contributed by atoms with Gasteiger partial charge in [0.05, 0.1) is 10.9 Å². The maximum Gasteiger partial charge on any atom is 0.161 e. The van der Waals surface area contributed by atoms with E-state index in [9.17, 15) is 0 Å². The second-order valence-corrected chi connectivity index (χ2v) is 9.50. The molecule has 2 unspecified atom stereocenters. The average molecular weight is 374 g/mol. The molecule has 0 spiro atoms. The maximum atomic E-state index is 2.36. The van der Waals surface area contributed by atoms with Gasteiger partial charge in [-0.2, -0.15) is 0 Å². The van der Waals surface area contributed by atoms with Crippen LogP contribution >= 0.6 is 11.8 Å². The van der Waals surface area contributed by atoms with Gasteiger partial charge in [0.2, 0.25) is 0 Å². The van der Waals surface area contributed by atoms with Crippen LogP contribution in [0.3, 0.4) is 0 Å². The lowest BCUT2D eigenvalue weighted by Gasteiger charge is -2.16. The van der Waals surface area contributed by atoms with Crippen LogP contribution in [0, 0.1) is 0 Å². The minimum absolute atomic E-state index is 0.0603. The molecule has 0 fully saturated rings. The van der Waals surface area contributed by atoms with Gasteiger partial charge in [-0.1, -0.05) is 66.4 Å². The third-order valence-corrected chi connectivity index (χ3v) is 7.83. The summed E-state index contributed by atoms with van der Waals surface area (Å²) < 4.78 is 0. The van der Waals surface area contributed by atoms with Gasteiger partial charge in [0, 0.05) is 16.2 Å². The van der Waals surface area contributed by atoms with E-state index in [1.807, 2.05) is 11.8 Å². The van der Waals surface area contributed by atoms with Crippen molar-refractivity contribution in [3.05, 3.63) is 109 Å². The largest absolute Gasteiger partial charge is 0.161 e. The SMILES string of the molecule is C1=CCC([S+](c2ccccc2)c2ccc(Sc3ccccc3)cc2)C=C1. The van der Waals surface area contributed by atoms with E-state index in [0.29, 0.717) is 5.25 Å². The van der Waals surface area contributed by atoms with Crippen LogP contribution in [0.5, 0.6) is 0 Å². The zero-order valence-corrected chi connectivity index (χ0v) is 16.1. The number of allylic oxidation sites excluding steroid dienone is 3. The molecule has 4 rings (SSSR count). The molecule has 1 aliphatic carbocycles. The van der Waals surface area contributed by atoms with Gasteiger partial charge in [-0.3, -0.25) is 0 Å². The zero-order chi connectivity index (χ0) is 17.6. The van der Waals surface area contributed by atoms with Gasteiger partial charge in [-0.05, 0) is 54.6 Å². The van der Waals surface area contributed by atoms with Gasteiger partial charge in [0.15, 0.2) is 15.0 Å². The molecule has 0 aromatic heterocycles. The molecule has 0 radical (unpaired) electrons. The molecule has 0 N–H and O–H groups in total. The summed E-state index contributed by atoms with van der Waals surface area (Å²) in [5.74, 6) is 0. The molecule has 0 bridgehead atoms. The van der Waals surface area contributed by atoms with Crippen molar-refractivity contribution in [3.63, 3.8) is 0 Å². The van der Waals surface area contributed by atoms with Gasteiger partial charge >= 0.3 is 0 Å². The summed E-state index contributed by atoms with van der Waals surface area (Å²) >= 11 is 1.82. The first-order chi connectivity index (χ1) is 12.9. The fraction of sp³-hybridized carbons (Fsp3) is 0.0833. The van der Waals surface area contributed by atoms with Crippen molar-refractivity contribution in [2.24, 2.45) is 0 Å². The Labute approximate surface area is 163 Å². The first kappa shape index (κ1) is 17.3. The van der Waals surface area contributed by atoms with Crippen molar-refractivity contribution >= 4 is 22.7 Å². The molecule has 3 aromatic carbocycles. The molecule has 0 heterocycles. The van der Waals surface area contributed by atoms with E-state index in [0.717, 1.165) is 6.42 Å². The second-order valence-electron chi connectivity index (χ2n) is 6.12. The summed E-state index contributed by atoms with van der Waals surface area (Å²) in [6, 6.07) is 30.6. The van der Waals surface area contributed by atoms with Crippen molar-refractivity contribution in [1.82, 2.24) is 0 Å². The summed E-state index contributed by atoms with van der Waals surface area (Å²) in [5.41, 5.74) is 0. The summed E-state index contributed by atoms with van der Waals surface area (Å²) in [4.78, 5) is 5.40. The van der Waals surface area contributed by atoms with Crippen LogP contribution in [0.1, 0.15) is 6.42 Å². The van der Waals surface area contributed by atoms with Gasteiger partial charge in [-0.15, -0.1) is 0 Å². The maximum absolute atomic E-state index is 2.36. The Bertz CT molecular complexity index is 881. The molecular formula is C24H21S2+. The molecular weight excluding hydrogens is 352 g/mol. The fourth-order valence-corrected chi connectivity index (χ4v) is 6.30. The van der Waals surface area contributed by atoms with Crippen LogP contribution in [-0.4, -0.2) is 5.25 Å². The zero-order valence-electron chi connectivity index (χ0n) is 14.5. The van der Waals surface area contributed by atoms with Gasteiger partial charge in [-0.25, -0.2) is 0 Å². The minimum atomic E-state index is 0.0603. The lowest BCUT2D eigenvalue weighted by molar-refractivity contribution is 1.03. The summed E-state index contributed by atoms with van der Waals surface area (Å²) in [6.45, 7) is 0. The minimum Gasteiger partial charge on any atom is -0.0901 e. The third-order valence-electron chi connectivity index (χ3n) is 4.30. The van der Waals surface area contributed by atoms with Crippen LogP contribution in [-0.2, 0) is 10.9 Å². The number of benzene rings is 3. The van der Waals surface area contributed by atoms with E-state index in [1.54, 1.807) is 0 Å². The molecule has 1 aliphatic rings. The highest BCUT2D eigenvalue weighted by Gasteiger charge is 2.33. The van der Waals surface area contributed by atoms with Crippen LogP contribution < -0.4 is 0 Å². The highest BCUT2D eigenvalue weighted by molar-refractivity contribution is 7.99. The Morgan fingerprint density at radius 1 is 0.654 bits per heavy atom. The lowest BCUT2D eigenvalue weighted by atomic mass is 10.2. The van der Waals surface area contributed by atoms with Crippen LogP contribution in [0.25, 0.3) is 0 Å². The van der Waals surface area contributed by atoms with E-state index in [2.05, 4.69) is 109 Å². The summed E-state index contributed by atoms with van der Waals surface area (Å²) in [5, 5.41) is 0.537. The monoisotopic (exact) mass is 373 g/mol. The van der Waals surface area contributed by atoms with Gasteiger partial charge in [0.25, 0.3) is 0 Å². The Morgan fingerprint density at radius 2 is 1.27 bits per heavy atom. The molecule has 0 aliphatic heterocycles. The van der Waals surface area contributed by atoms with Gasteiger partial charge in [0.1, 0.15) is 0 Å². The predicted molar refractivity (Wildman–Crippen MR) is 114 cm³/mol. The molecule has 0 amide bonds. The van der Waals surface area contributed by atoms with Crippen molar-refractivity contribution in [2.45, 2.75) is 31.3 Å². The molecule has 2 heteroatoms. The van der Waals surface area contributed by atoms with Crippen molar-refractivity contribution < 1.29 is 0 Å². The smallest absolute Gasteiger partial charge is 0.0901 e. The van der Waals surface area contributed by atoms with Crippen LogP contribution in [0.4, 0.5) is 0 Å². The Balaban J connectivity index is 1.61. The first-order valence-electron chi connectivity index (χ1n) is 8.84. The van der Waals surface area contributed by atoms with Crippen LogP contribution in [0.15, 0.2) is 129 Å². The molecule has 26 heavy (non-hydrogen) atoms. The van der Waals surface area contributed by atoms with Crippen molar-refractivity contribution in [2.75, 3.05) is 0 Å². The first-order valence-corrected chi connectivity index (χ1v) is 10.9. The van der Waals surface area contributed by atoms with E-state index >= 15 is 0 Å². The van der Waals surface area contributed by atoms with E-state index in [1.165, 1.54) is 19.6 Å². The van der Waals surface area contributed by atoms with E-state index < -0.39 is 0 Å². The Hall–Kier alpha value is -2.16. The quantitative estimate of drug-likeness (QED) is 0.445. The molecule has 0 nitrogen and oxygen atoms in total. The molecule has 3 aromatic rings. The van der Waals surface area contributed by atoms with Gasteiger partial charge < -0.3 is 0 Å². The van der Waals surface area contributed by atoms with E-state index in [-0.39, 0.29) is 10.9 Å². The Morgan fingerprint density at radius 3 is 1.92 bits per heavy atom. The van der Waals surface area contributed by atoms with E-state index in [4.69, 9.17) is 0 Å². The Kier molecular flexibility index (Phi) is 5.63. The standard InChI is InChI=1S/C24H21S2/c1-4-10-20(11-5-1)25-21-16-18-24(19-17-21)26(22-12-6-2-7-13-22)23-14-8-3-9-15-23/h1-14,16-19,23H,15H2/q+1. The average Bonchev–Trinajstić information content (AvgIpc) is 2.72. The number of rotatable bonds is 5. The van der Waals surface area contributed by atoms with Crippen molar-refractivity contribution in [3.8, 4) is 0 Å². The summed E-state index contributed by atoms with van der Waals surface area (Å²) in [7, 11) is 0.0603. The third kappa shape index (κ3) is 4.14. The summed E-state index contributed by atoms with van der Waals surface area (Å²) in [6.07, 6.45) is 10.1. The normalized spacial score (nSPS) is 17.2. The topological polar surface area (TPSA) is 0 Å². The number of hydrogen-bond acceptors (Lipinski definition) is 1. The van der Waals surface area contributed by atoms with Crippen LogP contribution in [0.2, 0.25) is 0 Å². The number of hydrogen-bond donors (Lipinski definition) is 0. The molecule has 2 atom stereocenters. The molecule has 128 valence electrons. The predicted octanol–water partition coefficient (Wildman–Crippen LogP) is 6.76. The van der Waals surface area contributed by atoms with Crippen molar-refractivity contribution in [1.29, 1.82) is 0 Å².